The molecule has 0 aliphatic carbocycles. The standard InChI is InChI=1S/C63H117NO8/c1-3-5-7-9-11-13-15-17-19-21-23-24-25-26-27-28-29-30-31-32-33-35-37-39-41-43-45-47-49-51-53-59(67)64-56(55-71-63-62(70)61(69)60(68)58(54-65)72-63)57(66)52-50-48-46-44-42-40-38-36-34-22-20-18-16-14-12-10-8-6-4-2/h26-27,34,36,42,44,50,52,56-58,60-63,65-66,68-70H,3-25,28-33,35,37-41,43,45-49,51,53-55H2,1-2H3,(H,64,67)/b27-26-,36-34+,44-42+,52-50+. The van der Waals surface area contributed by atoms with Gasteiger partial charge in [0.05, 0.1) is 25.4 Å². The summed E-state index contributed by atoms with van der Waals surface area (Å²) in [6, 6.07) is -0.829. The number of aliphatic hydroxyl groups excluding tert-OH is 5. The maximum atomic E-state index is 13.1. The molecule has 0 aromatic carbocycles. The summed E-state index contributed by atoms with van der Waals surface area (Å²) in [7, 11) is 0. The van der Waals surface area contributed by atoms with Crippen LogP contribution in [0.2, 0.25) is 0 Å². The summed E-state index contributed by atoms with van der Waals surface area (Å²) in [6.07, 6.45) is 63.4. The maximum absolute atomic E-state index is 13.1. The molecule has 0 bridgehead atoms. The number of rotatable bonds is 53. The number of hydrogen-bond donors (Lipinski definition) is 6. The lowest BCUT2D eigenvalue weighted by atomic mass is 9.99. The highest BCUT2D eigenvalue weighted by atomic mass is 16.7. The Morgan fingerprint density at radius 3 is 1.17 bits per heavy atom. The smallest absolute Gasteiger partial charge is 0.220 e. The third-order valence-corrected chi connectivity index (χ3v) is 14.6. The Bertz CT molecular complexity index is 1270. The molecule has 0 radical (unpaired) electrons. The third-order valence-electron chi connectivity index (χ3n) is 14.6. The third kappa shape index (κ3) is 41.4. The van der Waals surface area contributed by atoms with E-state index in [9.17, 15) is 30.3 Å². The van der Waals surface area contributed by atoms with Crippen molar-refractivity contribution in [2.75, 3.05) is 13.2 Å². The average Bonchev–Trinajstić information content (AvgIpc) is 3.38. The number of ether oxygens (including phenoxy) is 2. The number of amides is 1. The summed E-state index contributed by atoms with van der Waals surface area (Å²) in [5.74, 6) is -0.188. The molecule has 0 aromatic rings. The van der Waals surface area contributed by atoms with Crippen molar-refractivity contribution < 1.29 is 39.8 Å². The molecule has 0 saturated carbocycles. The molecule has 1 fully saturated rings. The molecule has 0 aromatic heterocycles. The number of aliphatic hydroxyl groups is 5. The van der Waals surface area contributed by atoms with E-state index in [0.717, 1.165) is 44.9 Å². The molecular weight excluding hydrogens is 899 g/mol. The summed E-state index contributed by atoms with van der Waals surface area (Å²) in [5, 5.41) is 54.5. The molecule has 422 valence electrons. The minimum absolute atomic E-state index is 0.188. The van der Waals surface area contributed by atoms with Crippen molar-refractivity contribution in [2.45, 2.75) is 333 Å². The number of carbonyl (C=O) groups is 1. The zero-order valence-corrected chi connectivity index (χ0v) is 46.9. The predicted molar refractivity (Wildman–Crippen MR) is 304 cm³/mol. The molecule has 9 nitrogen and oxygen atoms in total. The van der Waals surface area contributed by atoms with E-state index in [0.29, 0.717) is 6.42 Å². The Hall–Kier alpha value is -1.85. The number of carbonyl (C=O) groups excluding carboxylic acids is 1. The van der Waals surface area contributed by atoms with Gasteiger partial charge in [-0.15, -0.1) is 0 Å². The van der Waals surface area contributed by atoms with Gasteiger partial charge in [0.2, 0.25) is 5.91 Å². The van der Waals surface area contributed by atoms with Crippen molar-refractivity contribution in [1.82, 2.24) is 5.32 Å². The Balaban J connectivity index is 2.19. The lowest BCUT2D eigenvalue weighted by Gasteiger charge is -2.40. The Morgan fingerprint density at radius 1 is 0.458 bits per heavy atom. The molecule has 1 rings (SSSR count). The van der Waals surface area contributed by atoms with E-state index >= 15 is 0 Å². The molecule has 1 aliphatic heterocycles. The van der Waals surface area contributed by atoms with Crippen LogP contribution >= 0.6 is 0 Å². The van der Waals surface area contributed by atoms with Gasteiger partial charge in [-0.2, -0.15) is 0 Å². The van der Waals surface area contributed by atoms with E-state index in [4.69, 9.17) is 9.47 Å². The summed E-state index contributed by atoms with van der Waals surface area (Å²) in [5.41, 5.74) is 0. The minimum atomic E-state index is -1.58. The van der Waals surface area contributed by atoms with E-state index in [2.05, 4.69) is 55.6 Å². The van der Waals surface area contributed by atoms with Crippen LogP contribution in [0.1, 0.15) is 290 Å². The molecular formula is C63H117NO8. The van der Waals surface area contributed by atoms with Crippen LogP contribution in [-0.2, 0) is 14.3 Å². The summed E-state index contributed by atoms with van der Waals surface area (Å²) in [4.78, 5) is 13.1. The van der Waals surface area contributed by atoms with Gasteiger partial charge >= 0.3 is 0 Å². The van der Waals surface area contributed by atoms with Gasteiger partial charge in [0.15, 0.2) is 6.29 Å². The van der Waals surface area contributed by atoms with Gasteiger partial charge in [0.1, 0.15) is 24.4 Å². The van der Waals surface area contributed by atoms with Crippen molar-refractivity contribution in [3.05, 3.63) is 48.6 Å². The number of hydrogen-bond acceptors (Lipinski definition) is 8. The fourth-order valence-electron chi connectivity index (χ4n) is 9.72. The van der Waals surface area contributed by atoms with Crippen LogP contribution in [0.25, 0.3) is 0 Å². The average molecular weight is 1020 g/mol. The SMILES string of the molecule is CCCCCCCCCCC/C=C/CC/C=C/CC/C=C/C(O)C(COC1OC(CO)C(O)C(O)C1O)NC(=O)CCCCCCCCCCCCCCCC/C=C\CCCCCCCCCCCCCC. The van der Waals surface area contributed by atoms with Crippen molar-refractivity contribution in [2.24, 2.45) is 0 Å². The van der Waals surface area contributed by atoms with Gasteiger partial charge in [0.25, 0.3) is 0 Å². The van der Waals surface area contributed by atoms with Crippen molar-refractivity contribution in [3.8, 4) is 0 Å². The first-order chi connectivity index (χ1) is 35.3. The first kappa shape index (κ1) is 68.2. The van der Waals surface area contributed by atoms with Gasteiger partial charge in [-0.1, -0.05) is 262 Å². The molecule has 0 spiro atoms. The van der Waals surface area contributed by atoms with Crippen LogP contribution in [0, 0.1) is 0 Å². The van der Waals surface area contributed by atoms with Crippen LogP contribution in [0.5, 0.6) is 0 Å². The highest BCUT2D eigenvalue weighted by Gasteiger charge is 2.44. The second kappa shape index (κ2) is 52.6. The van der Waals surface area contributed by atoms with Crippen molar-refractivity contribution in [3.63, 3.8) is 0 Å². The summed E-state index contributed by atoms with van der Waals surface area (Å²) >= 11 is 0. The largest absolute Gasteiger partial charge is 0.394 e. The molecule has 7 unspecified atom stereocenters. The second-order valence-electron chi connectivity index (χ2n) is 21.5. The number of nitrogens with one attached hydrogen (secondary N) is 1. The van der Waals surface area contributed by atoms with Crippen LogP contribution in [0.15, 0.2) is 48.6 Å². The molecule has 1 aliphatic rings. The van der Waals surface area contributed by atoms with Gasteiger partial charge in [-0.25, -0.2) is 0 Å². The van der Waals surface area contributed by atoms with Gasteiger partial charge in [-0.3, -0.25) is 4.79 Å². The maximum Gasteiger partial charge on any atom is 0.220 e. The first-order valence-electron chi connectivity index (χ1n) is 30.9. The van der Waals surface area contributed by atoms with E-state index in [1.165, 1.54) is 225 Å². The number of unbranched alkanes of at least 4 members (excludes halogenated alkanes) is 37. The molecule has 6 N–H and O–H groups in total. The van der Waals surface area contributed by atoms with Gasteiger partial charge in [-0.05, 0) is 70.6 Å². The molecule has 7 atom stereocenters. The topological polar surface area (TPSA) is 149 Å². The predicted octanol–water partition coefficient (Wildman–Crippen LogP) is 15.7. The van der Waals surface area contributed by atoms with E-state index in [1.54, 1.807) is 6.08 Å². The monoisotopic (exact) mass is 1020 g/mol. The first-order valence-corrected chi connectivity index (χ1v) is 30.9. The Kier molecular flexibility index (Phi) is 49.8. The Labute approximate surface area is 444 Å². The minimum Gasteiger partial charge on any atom is -0.394 e. The van der Waals surface area contributed by atoms with E-state index in [1.807, 2.05) is 6.08 Å². The van der Waals surface area contributed by atoms with E-state index in [-0.39, 0.29) is 12.5 Å². The lowest BCUT2D eigenvalue weighted by Crippen LogP contribution is -2.60. The zero-order valence-electron chi connectivity index (χ0n) is 46.9. The van der Waals surface area contributed by atoms with Gasteiger partial charge in [0, 0.05) is 6.42 Å². The molecule has 1 heterocycles. The van der Waals surface area contributed by atoms with E-state index < -0.39 is 49.5 Å². The zero-order chi connectivity index (χ0) is 52.2. The highest BCUT2D eigenvalue weighted by Crippen LogP contribution is 2.23. The van der Waals surface area contributed by atoms with Crippen LogP contribution in [0.3, 0.4) is 0 Å². The molecule has 9 heteroatoms. The fourth-order valence-corrected chi connectivity index (χ4v) is 9.72. The molecule has 72 heavy (non-hydrogen) atoms. The summed E-state index contributed by atoms with van der Waals surface area (Å²) < 4.78 is 11.3. The van der Waals surface area contributed by atoms with Gasteiger partial charge < -0.3 is 40.3 Å². The van der Waals surface area contributed by atoms with Crippen molar-refractivity contribution in [1.29, 1.82) is 0 Å². The lowest BCUT2D eigenvalue weighted by molar-refractivity contribution is -0.302. The fraction of sp³-hybridized carbons (Fsp3) is 0.857. The normalized spacial score (nSPS) is 19.5. The Morgan fingerprint density at radius 2 is 0.792 bits per heavy atom. The van der Waals surface area contributed by atoms with Crippen LogP contribution in [-0.4, -0.2) is 87.5 Å². The second-order valence-corrected chi connectivity index (χ2v) is 21.5. The molecule has 1 amide bonds. The van der Waals surface area contributed by atoms with Crippen molar-refractivity contribution >= 4 is 5.91 Å². The van der Waals surface area contributed by atoms with Crippen LogP contribution < -0.4 is 5.32 Å². The highest BCUT2D eigenvalue weighted by molar-refractivity contribution is 5.76. The quantitative estimate of drug-likeness (QED) is 0.0261. The molecule has 1 saturated heterocycles. The van der Waals surface area contributed by atoms with Crippen LogP contribution in [0.4, 0.5) is 0 Å². The number of allylic oxidation sites excluding steroid dienone is 7. The summed E-state index contributed by atoms with van der Waals surface area (Å²) in [6.45, 7) is 3.78.